The Bertz CT molecular complexity index is 681. The van der Waals surface area contributed by atoms with Crippen molar-refractivity contribution in [1.29, 1.82) is 0 Å². The number of aryl methyl sites for hydroxylation is 2. The minimum atomic E-state index is -0.268. The summed E-state index contributed by atoms with van der Waals surface area (Å²) in [5.41, 5.74) is 3.69. The smallest absolute Gasteiger partial charge is 0.319 e. The number of urea groups is 1. The molecule has 0 radical (unpaired) electrons. The van der Waals surface area contributed by atoms with Gasteiger partial charge in [-0.1, -0.05) is 47.5 Å². The molecule has 0 bridgehead atoms. The lowest BCUT2D eigenvalue weighted by Crippen LogP contribution is -2.31. The molecule has 5 heteroatoms. The topological polar surface area (TPSA) is 41.1 Å². The van der Waals surface area contributed by atoms with Gasteiger partial charge in [-0.25, -0.2) is 4.79 Å². The molecule has 0 aromatic heterocycles. The molecular weight excluding hydrogens is 319 g/mol. The largest absolute Gasteiger partial charge is 0.331 e. The van der Waals surface area contributed by atoms with E-state index in [-0.39, 0.29) is 12.1 Å². The summed E-state index contributed by atoms with van der Waals surface area (Å²) in [6, 6.07) is 10.6. The zero-order chi connectivity index (χ0) is 16.3. The maximum atomic E-state index is 12.2. The van der Waals surface area contributed by atoms with E-state index in [1.54, 1.807) is 12.1 Å². The molecule has 2 aromatic rings. The fourth-order valence-corrected chi connectivity index (χ4v) is 2.86. The SMILES string of the molecule is Cc1cccc(C)c1NC(=O)NC(C)c1ccc(Cl)cc1Cl. The van der Waals surface area contributed by atoms with Crippen LogP contribution in [0.15, 0.2) is 36.4 Å². The number of halogens is 2. The van der Waals surface area contributed by atoms with Crippen molar-refractivity contribution < 1.29 is 4.79 Å². The van der Waals surface area contributed by atoms with E-state index in [9.17, 15) is 4.79 Å². The average molecular weight is 337 g/mol. The molecule has 0 aliphatic heterocycles. The Balaban J connectivity index is 2.08. The lowest BCUT2D eigenvalue weighted by molar-refractivity contribution is 0.249. The maximum absolute atomic E-state index is 12.2. The van der Waals surface area contributed by atoms with Crippen molar-refractivity contribution in [1.82, 2.24) is 5.32 Å². The van der Waals surface area contributed by atoms with Crippen LogP contribution in [0.1, 0.15) is 29.7 Å². The Labute approximate surface area is 140 Å². The molecule has 1 unspecified atom stereocenters. The molecule has 0 heterocycles. The standard InChI is InChI=1S/C17H18Cl2N2O/c1-10-5-4-6-11(2)16(10)21-17(22)20-12(3)14-8-7-13(18)9-15(14)19/h4-9,12H,1-3H3,(H2,20,21,22). The number of carbonyl (C=O) groups excluding carboxylic acids is 1. The highest BCUT2D eigenvalue weighted by molar-refractivity contribution is 6.35. The van der Waals surface area contributed by atoms with Crippen molar-refractivity contribution in [3.05, 3.63) is 63.1 Å². The molecule has 2 N–H and O–H groups in total. The number of hydrogen-bond donors (Lipinski definition) is 2. The third-order valence-corrected chi connectivity index (χ3v) is 4.06. The van der Waals surface area contributed by atoms with Crippen LogP contribution in [0, 0.1) is 13.8 Å². The van der Waals surface area contributed by atoms with Gasteiger partial charge in [-0.3, -0.25) is 0 Å². The van der Waals surface area contributed by atoms with E-state index >= 15 is 0 Å². The molecule has 1 atom stereocenters. The third-order valence-electron chi connectivity index (χ3n) is 3.50. The molecule has 22 heavy (non-hydrogen) atoms. The number of anilines is 1. The first kappa shape index (κ1) is 16.7. The van der Waals surface area contributed by atoms with E-state index in [1.165, 1.54) is 0 Å². The molecule has 0 fully saturated rings. The van der Waals surface area contributed by atoms with Gasteiger partial charge in [0.1, 0.15) is 0 Å². The molecule has 2 aromatic carbocycles. The van der Waals surface area contributed by atoms with E-state index in [0.29, 0.717) is 10.0 Å². The van der Waals surface area contributed by atoms with Crippen LogP contribution in [0.25, 0.3) is 0 Å². The van der Waals surface area contributed by atoms with Crippen LogP contribution < -0.4 is 10.6 Å². The minimum Gasteiger partial charge on any atom is -0.331 e. The van der Waals surface area contributed by atoms with Crippen molar-refractivity contribution in [2.24, 2.45) is 0 Å². The fourth-order valence-electron chi connectivity index (χ4n) is 2.29. The van der Waals surface area contributed by atoms with E-state index in [4.69, 9.17) is 23.2 Å². The van der Waals surface area contributed by atoms with Gasteiger partial charge < -0.3 is 10.6 Å². The summed E-state index contributed by atoms with van der Waals surface area (Å²) in [6.45, 7) is 5.80. The van der Waals surface area contributed by atoms with Gasteiger partial charge in [0.15, 0.2) is 0 Å². The second kappa shape index (κ2) is 7.03. The second-order valence-corrected chi connectivity index (χ2v) is 6.10. The Hall–Kier alpha value is -1.71. The summed E-state index contributed by atoms with van der Waals surface area (Å²) in [6.07, 6.45) is 0. The Morgan fingerprint density at radius 1 is 1.09 bits per heavy atom. The highest BCUT2D eigenvalue weighted by atomic mass is 35.5. The van der Waals surface area contributed by atoms with Gasteiger partial charge in [-0.2, -0.15) is 0 Å². The first-order chi connectivity index (χ1) is 10.4. The van der Waals surface area contributed by atoms with Gasteiger partial charge in [-0.15, -0.1) is 0 Å². The highest BCUT2D eigenvalue weighted by Crippen LogP contribution is 2.26. The molecule has 0 spiro atoms. The van der Waals surface area contributed by atoms with Crippen molar-refractivity contribution in [2.45, 2.75) is 26.8 Å². The number of carbonyl (C=O) groups is 1. The van der Waals surface area contributed by atoms with Crippen molar-refractivity contribution >= 4 is 34.9 Å². The zero-order valence-corrected chi connectivity index (χ0v) is 14.2. The summed E-state index contributed by atoms with van der Waals surface area (Å²) < 4.78 is 0. The number of nitrogens with one attached hydrogen (secondary N) is 2. The first-order valence-corrected chi connectivity index (χ1v) is 7.72. The molecule has 3 nitrogen and oxygen atoms in total. The van der Waals surface area contributed by atoms with Crippen LogP contribution in [-0.4, -0.2) is 6.03 Å². The fraction of sp³-hybridized carbons (Fsp3) is 0.235. The summed E-state index contributed by atoms with van der Waals surface area (Å²) >= 11 is 12.0. The van der Waals surface area contributed by atoms with Crippen molar-refractivity contribution in [3.63, 3.8) is 0 Å². The summed E-state index contributed by atoms with van der Waals surface area (Å²) in [7, 11) is 0. The quantitative estimate of drug-likeness (QED) is 0.764. The van der Waals surface area contributed by atoms with Crippen LogP contribution in [0.5, 0.6) is 0 Å². The van der Waals surface area contributed by atoms with Crippen molar-refractivity contribution in [2.75, 3.05) is 5.32 Å². The predicted molar refractivity (Wildman–Crippen MR) is 92.9 cm³/mol. The molecule has 0 aliphatic carbocycles. The van der Waals surface area contributed by atoms with Crippen LogP contribution in [0.4, 0.5) is 10.5 Å². The third kappa shape index (κ3) is 3.93. The molecular formula is C17H18Cl2N2O. The lowest BCUT2D eigenvalue weighted by atomic mass is 10.1. The van der Waals surface area contributed by atoms with Gasteiger partial charge in [0.2, 0.25) is 0 Å². The van der Waals surface area contributed by atoms with Crippen LogP contribution in [-0.2, 0) is 0 Å². The minimum absolute atomic E-state index is 0.228. The van der Waals surface area contributed by atoms with E-state index in [1.807, 2.05) is 45.0 Å². The summed E-state index contributed by atoms with van der Waals surface area (Å²) in [5.74, 6) is 0. The number of para-hydroxylation sites is 1. The monoisotopic (exact) mass is 336 g/mol. The summed E-state index contributed by atoms with van der Waals surface area (Å²) in [5, 5.41) is 6.88. The van der Waals surface area contributed by atoms with Gasteiger partial charge in [0.25, 0.3) is 0 Å². The number of rotatable bonds is 3. The molecule has 0 aliphatic rings. The van der Waals surface area contributed by atoms with E-state index in [0.717, 1.165) is 22.4 Å². The number of benzene rings is 2. The maximum Gasteiger partial charge on any atom is 0.319 e. The Morgan fingerprint density at radius 3 is 2.32 bits per heavy atom. The predicted octanol–water partition coefficient (Wildman–Crippen LogP) is 5.49. The average Bonchev–Trinajstić information content (AvgIpc) is 2.42. The zero-order valence-electron chi connectivity index (χ0n) is 12.7. The molecule has 0 saturated heterocycles. The molecule has 2 rings (SSSR count). The number of hydrogen-bond acceptors (Lipinski definition) is 1. The Morgan fingerprint density at radius 2 is 1.73 bits per heavy atom. The molecule has 116 valence electrons. The van der Waals surface area contributed by atoms with Gasteiger partial charge >= 0.3 is 6.03 Å². The van der Waals surface area contributed by atoms with Gasteiger partial charge in [-0.05, 0) is 49.6 Å². The Kier molecular flexibility index (Phi) is 5.33. The second-order valence-electron chi connectivity index (χ2n) is 5.25. The van der Waals surface area contributed by atoms with Gasteiger partial charge in [0, 0.05) is 15.7 Å². The van der Waals surface area contributed by atoms with Gasteiger partial charge in [0.05, 0.1) is 6.04 Å². The lowest BCUT2D eigenvalue weighted by Gasteiger charge is -2.18. The summed E-state index contributed by atoms with van der Waals surface area (Å²) in [4.78, 5) is 12.2. The highest BCUT2D eigenvalue weighted by Gasteiger charge is 2.14. The molecule has 2 amide bonds. The van der Waals surface area contributed by atoms with E-state index in [2.05, 4.69) is 10.6 Å². The van der Waals surface area contributed by atoms with Crippen LogP contribution in [0.2, 0.25) is 10.0 Å². The van der Waals surface area contributed by atoms with Crippen molar-refractivity contribution in [3.8, 4) is 0 Å². The number of amides is 2. The van der Waals surface area contributed by atoms with Crippen LogP contribution >= 0.6 is 23.2 Å². The van der Waals surface area contributed by atoms with Crippen LogP contribution in [0.3, 0.4) is 0 Å². The first-order valence-electron chi connectivity index (χ1n) is 6.97. The normalized spacial score (nSPS) is 11.9. The van der Waals surface area contributed by atoms with E-state index < -0.39 is 0 Å². The molecule has 0 saturated carbocycles.